The number of nitro groups is 1. The van der Waals surface area contributed by atoms with Crippen LogP contribution < -0.4 is 5.32 Å². The van der Waals surface area contributed by atoms with Crippen LogP contribution in [0.4, 0.5) is 11.6 Å². The predicted molar refractivity (Wildman–Crippen MR) is 83.4 cm³/mol. The van der Waals surface area contributed by atoms with Crippen molar-refractivity contribution in [1.82, 2.24) is 24.5 Å². The zero-order valence-corrected chi connectivity index (χ0v) is 12.7. The predicted octanol–water partition coefficient (Wildman–Crippen LogP) is 1.22. The molecule has 0 aliphatic rings. The van der Waals surface area contributed by atoms with Gasteiger partial charge in [-0.05, 0) is 5.56 Å². The third-order valence-corrected chi connectivity index (χ3v) is 3.17. The summed E-state index contributed by atoms with van der Waals surface area (Å²) < 4.78 is 2.76. The first-order valence-electron chi connectivity index (χ1n) is 6.95. The SMILES string of the molecule is Cn1cc([N+](=O)[O-])c(C(=O)Nc2ncn(Cc3ccccc3)n2)n1. The van der Waals surface area contributed by atoms with Crippen LogP contribution in [0.15, 0.2) is 42.9 Å². The summed E-state index contributed by atoms with van der Waals surface area (Å²) >= 11 is 0. The maximum absolute atomic E-state index is 12.1. The van der Waals surface area contributed by atoms with Gasteiger partial charge in [-0.15, -0.1) is 5.10 Å². The van der Waals surface area contributed by atoms with Gasteiger partial charge in [-0.3, -0.25) is 24.9 Å². The summed E-state index contributed by atoms with van der Waals surface area (Å²) in [6, 6.07) is 9.62. The maximum Gasteiger partial charge on any atom is 0.320 e. The molecule has 0 fully saturated rings. The number of carbonyl (C=O) groups excluding carboxylic acids is 1. The Morgan fingerprint density at radius 3 is 2.75 bits per heavy atom. The fraction of sp³-hybridized carbons (Fsp3) is 0.143. The summed E-state index contributed by atoms with van der Waals surface area (Å²) in [5, 5.41) is 21.3. The smallest absolute Gasteiger partial charge is 0.287 e. The average molecular weight is 327 g/mol. The molecule has 1 amide bonds. The van der Waals surface area contributed by atoms with E-state index in [1.807, 2.05) is 30.3 Å². The Bertz CT molecular complexity index is 885. The third-order valence-electron chi connectivity index (χ3n) is 3.17. The lowest BCUT2D eigenvalue weighted by Gasteiger charge is -2.00. The number of aryl methyl sites for hydroxylation is 1. The normalized spacial score (nSPS) is 10.5. The van der Waals surface area contributed by atoms with Crippen molar-refractivity contribution < 1.29 is 9.72 Å². The number of hydrogen-bond donors (Lipinski definition) is 1. The van der Waals surface area contributed by atoms with E-state index in [9.17, 15) is 14.9 Å². The Morgan fingerprint density at radius 2 is 2.04 bits per heavy atom. The number of hydrogen-bond acceptors (Lipinski definition) is 6. The fourth-order valence-electron chi connectivity index (χ4n) is 2.13. The molecule has 0 unspecified atom stereocenters. The third kappa shape index (κ3) is 3.27. The van der Waals surface area contributed by atoms with Crippen LogP contribution in [0.25, 0.3) is 0 Å². The minimum Gasteiger partial charge on any atom is -0.287 e. The van der Waals surface area contributed by atoms with Crippen LogP contribution in [-0.2, 0) is 13.6 Å². The second-order valence-corrected chi connectivity index (χ2v) is 5.00. The van der Waals surface area contributed by atoms with Crippen LogP contribution in [0.2, 0.25) is 0 Å². The lowest BCUT2D eigenvalue weighted by atomic mass is 10.2. The molecule has 0 saturated heterocycles. The van der Waals surface area contributed by atoms with Gasteiger partial charge in [-0.1, -0.05) is 30.3 Å². The topological polar surface area (TPSA) is 121 Å². The Hall–Kier alpha value is -3.56. The number of aromatic nitrogens is 5. The second kappa shape index (κ2) is 6.28. The fourth-order valence-corrected chi connectivity index (χ4v) is 2.13. The number of carbonyl (C=O) groups is 1. The van der Waals surface area contributed by atoms with Crippen molar-refractivity contribution in [3.63, 3.8) is 0 Å². The lowest BCUT2D eigenvalue weighted by Crippen LogP contribution is -2.16. The number of rotatable bonds is 5. The Balaban J connectivity index is 1.73. The van der Waals surface area contributed by atoms with Crippen molar-refractivity contribution in [2.75, 3.05) is 5.32 Å². The minimum absolute atomic E-state index is 0.0517. The van der Waals surface area contributed by atoms with Gasteiger partial charge in [0.15, 0.2) is 0 Å². The Kier molecular flexibility index (Phi) is 4.01. The van der Waals surface area contributed by atoms with Crippen molar-refractivity contribution in [1.29, 1.82) is 0 Å². The molecule has 10 heteroatoms. The molecule has 10 nitrogen and oxygen atoms in total. The highest BCUT2D eigenvalue weighted by Gasteiger charge is 2.25. The number of anilines is 1. The van der Waals surface area contributed by atoms with Gasteiger partial charge in [-0.25, -0.2) is 9.67 Å². The molecule has 24 heavy (non-hydrogen) atoms. The van der Waals surface area contributed by atoms with E-state index in [0.29, 0.717) is 6.54 Å². The van der Waals surface area contributed by atoms with Crippen molar-refractivity contribution in [2.24, 2.45) is 7.05 Å². The van der Waals surface area contributed by atoms with Crippen molar-refractivity contribution in [2.45, 2.75) is 6.54 Å². The van der Waals surface area contributed by atoms with E-state index < -0.39 is 10.8 Å². The van der Waals surface area contributed by atoms with Gasteiger partial charge in [0.1, 0.15) is 12.5 Å². The first-order valence-corrected chi connectivity index (χ1v) is 6.95. The van der Waals surface area contributed by atoms with E-state index in [0.717, 1.165) is 11.8 Å². The molecule has 0 bridgehead atoms. The summed E-state index contributed by atoms with van der Waals surface area (Å²) in [7, 11) is 1.50. The molecule has 1 N–H and O–H groups in total. The summed E-state index contributed by atoms with van der Waals surface area (Å²) in [6.07, 6.45) is 2.63. The highest BCUT2D eigenvalue weighted by atomic mass is 16.6. The molecule has 2 aromatic heterocycles. The van der Waals surface area contributed by atoms with E-state index in [2.05, 4.69) is 20.5 Å². The molecule has 0 spiro atoms. The number of nitrogens with zero attached hydrogens (tertiary/aromatic N) is 6. The molecule has 2 heterocycles. The molecule has 3 rings (SSSR count). The van der Waals surface area contributed by atoms with Gasteiger partial charge in [0.05, 0.1) is 11.5 Å². The molecular weight excluding hydrogens is 314 g/mol. The van der Waals surface area contributed by atoms with Crippen LogP contribution in [-0.4, -0.2) is 35.4 Å². The Morgan fingerprint density at radius 1 is 1.29 bits per heavy atom. The number of benzene rings is 1. The van der Waals surface area contributed by atoms with Crippen LogP contribution in [0.1, 0.15) is 16.1 Å². The average Bonchev–Trinajstić information content (AvgIpc) is 3.15. The van der Waals surface area contributed by atoms with Crippen LogP contribution in [0, 0.1) is 10.1 Å². The Labute approximate surface area is 135 Å². The summed E-state index contributed by atoms with van der Waals surface area (Å²) in [6.45, 7) is 0.493. The van der Waals surface area contributed by atoms with Crippen LogP contribution >= 0.6 is 0 Å². The van der Waals surface area contributed by atoms with Crippen LogP contribution in [0.5, 0.6) is 0 Å². The second-order valence-electron chi connectivity index (χ2n) is 5.00. The van der Waals surface area contributed by atoms with Crippen LogP contribution in [0.3, 0.4) is 0 Å². The highest BCUT2D eigenvalue weighted by Crippen LogP contribution is 2.17. The monoisotopic (exact) mass is 327 g/mol. The quantitative estimate of drug-likeness (QED) is 0.555. The molecule has 0 aliphatic heterocycles. The largest absolute Gasteiger partial charge is 0.320 e. The molecular formula is C14H13N7O3. The number of amides is 1. The summed E-state index contributed by atoms with van der Waals surface area (Å²) in [5.74, 6) is -0.685. The van der Waals surface area contributed by atoms with Gasteiger partial charge in [0.2, 0.25) is 11.6 Å². The van der Waals surface area contributed by atoms with Gasteiger partial charge in [0.25, 0.3) is 5.91 Å². The molecule has 122 valence electrons. The lowest BCUT2D eigenvalue weighted by molar-refractivity contribution is -0.385. The number of nitrogens with one attached hydrogen (secondary N) is 1. The van der Waals surface area contributed by atoms with Gasteiger partial charge in [0, 0.05) is 7.05 Å². The highest BCUT2D eigenvalue weighted by molar-refractivity contribution is 6.04. The zero-order valence-electron chi connectivity index (χ0n) is 12.7. The molecule has 0 aliphatic carbocycles. The zero-order chi connectivity index (χ0) is 17.1. The molecule has 3 aromatic rings. The van der Waals surface area contributed by atoms with Gasteiger partial charge < -0.3 is 0 Å². The van der Waals surface area contributed by atoms with Gasteiger partial charge in [-0.2, -0.15) is 5.10 Å². The van der Waals surface area contributed by atoms with E-state index in [1.165, 1.54) is 18.1 Å². The van der Waals surface area contributed by atoms with Gasteiger partial charge >= 0.3 is 5.69 Å². The minimum atomic E-state index is -0.736. The van der Waals surface area contributed by atoms with E-state index in [1.54, 1.807) is 4.68 Å². The molecule has 1 aromatic carbocycles. The summed E-state index contributed by atoms with van der Waals surface area (Å²) in [5.41, 5.74) is 0.362. The first-order chi connectivity index (χ1) is 11.5. The molecule has 0 radical (unpaired) electrons. The summed E-state index contributed by atoms with van der Waals surface area (Å²) in [4.78, 5) is 26.4. The van der Waals surface area contributed by atoms with E-state index in [-0.39, 0.29) is 17.3 Å². The molecule has 0 atom stereocenters. The van der Waals surface area contributed by atoms with Crippen molar-refractivity contribution in [3.8, 4) is 0 Å². The molecule has 0 saturated carbocycles. The van der Waals surface area contributed by atoms with E-state index >= 15 is 0 Å². The standard InChI is InChI=1S/C14H13N7O3/c1-19-8-11(21(23)24)12(17-19)13(22)16-14-15-9-20(18-14)7-10-5-3-2-4-6-10/h2-6,8-9H,7H2,1H3,(H,16,18,22). The van der Waals surface area contributed by atoms with Crippen molar-refractivity contribution >= 4 is 17.5 Å². The van der Waals surface area contributed by atoms with Crippen molar-refractivity contribution in [3.05, 3.63) is 64.2 Å². The maximum atomic E-state index is 12.1. The van der Waals surface area contributed by atoms with E-state index in [4.69, 9.17) is 0 Å². The first kappa shape index (κ1) is 15.3.